The van der Waals surface area contributed by atoms with E-state index in [1.54, 1.807) is 43.4 Å². The van der Waals surface area contributed by atoms with E-state index < -0.39 is 5.60 Å². The summed E-state index contributed by atoms with van der Waals surface area (Å²) in [5.74, 6) is 0. The monoisotopic (exact) mass is 538 g/mol. The second-order valence-corrected chi connectivity index (χ2v) is 14.4. The van der Waals surface area contributed by atoms with Crippen LogP contribution in [0.1, 0.15) is 51.6 Å². The maximum atomic E-state index is 8.52. The Hall–Kier alpha value is -0.990. The fourth-order valence-corrected chi connectivity index (χ4v) is 5.43. The molecule has 0 saturated carbocycles. The molecule has 2 heterocycles. The van der Waals surface area contributed by atoms with Gasteiger partial charge in [0.1, 0.15) is 0 Å². The van der Waals surface area contributed by atoms with E-state index in [0.717, 1.165) is 25.5 Å². The molecule has 0 amide bonds. The summed E-state index contributed by atoms with van der Waals surface area (Å²) >= 11 is 8.78. The summed E-state index contributed by atoms with van der Waals surface area (Å²) in [4.78, 5) is 10.2. The minimum atomic E-state index is -0.500. The average molecular weight is 540 g/mol. The molecule has 3 nitrogen and oxygen atoms in total. The van der Waals surface area contributed by atoms with Crippen LogP contribution in [0.3, 0.4) is 0 Å². The molecule has 4 aromatic rings. The maximum Gasteiger partial charge on any atom is 0.0907 e. The number of hydrogen-bond acceptors (Lipinski definition) is 6. The molecule has 31 heavy (non-hydrogen) atoms. The Balaban J connectivity index is 0.000000187. The lowest BCUT2D eigenvalue weighted by atomic mass is 10.2. The van der Waals surface area contributed by atoms with Gasteiger partial charge >= 0.3 is 0 Å². The van der Waals surface area contributed by atoms with Gasteiger partial charge in [0.25, 0.3) is 0 Å². The van der Waals surface area contributed by atoms with Crippen LogP contribution in [0, 0.1) is 13.8 Å². The molecule has 2 aromatic carbocycles. The van der Waals surface area contributed by atoms with Crippen LogP contribution in [0.15, 0.2) is 45.8 Å². The van der Waals surface area contributed by atoms with Crippen molar-refractivity contribution in [1.82, 2.24) is 9.97 Å². The number of nitrogens with zero attached hydrogens (tertiary/aromatic N) is 2. The van der Waals surface area contributed by atoms with Gasteiger partial charge in [0, 0.05) is 14.1 Å². The zero-order chi connectivity index (χ0) is 23.4. The van der Waals surface area contributed by atoms with E-state index in [4.69, 9.17) is 5.11 Å². The quantitative estimate of drug-likeness (QED) is 0.246. The number of fused-ring (bicyclic) bond motifs is 2. The van der Waals surface area contributed by atoms with Gasteiger partial charge in [-0.3, -0.25) is 0 Å². The Labute approximate surface area is 206 Å². The first-order valence-corrected chi connectivity index (χ1v) is 13.3. The first-order chi connectivity index (χ1) is 14.2. The minimum absolute atomic E-state index is 0.263. The van der Waals surface area contributed by atoms with Gasteiger partial charge in [-0.15, -0.1) is 34.4 Å². The molecule has 2 aromatic heterocycles. The van der Waals surface area contributed by atoms with Crippen molar-refractivity contribution in [1.29, 1.82) is 0 Å². The highest BCUT2D eigenvalue weighted by molar-refractivity contribution is 9.10. The van der Waals surface area contributed by atoms with Crippen molar-refractivity contribution in [2.45, 2.75) is 70.6 Å². The topological polar surface area (TPSA) is 46.0 Å². The third-order valence-electron chi connectivity index (χ3n) is 3.35. The van der Waals surface area contributed by atoms with Gasteiger partial charge in [-0.25, -0.2) is 9.97 Å². The predicted octanol–water partition coefficient (Wildman–Crippen LogP) is 8.64. The number of aryl methyl sites for hydroxylation is 2. The highest BCUT2D eigenvalue weighted by Crippen LogP contribution is 2.34. The van der Waals surface area contributed by atoms with Crippen LogP contribution >= 0.6 is 50.4 Å². The highest BCUT2D eigenvalue weighted by Gasteiger charge is 2.12. The SMILES string of the molecule is CC(C)(C)O.Cc1nc2cc(Br)ccc2s1.Cc1nc2cc(SC(C)(C)C)ccc2s1. The molecule has 1 N–H and O–H groups in total. The van der Waals surface area contributed by atoms with Crippen molar-refractivity contribution in [2.24, 2.45) is 0 Å². The van der Waals surface area contributed by atoms with Crippen molar-refractivity contribution in [3.05, 3.63) is 50.9 Å². The Bertz CT molecular complexity index is 1130. The molecule has 0 aliphatic rings. The standard InChI is InChI=1S/C12H15NS2.C8H6BrNS.C4H10O/c1-8-13-10-7-9(15-12(2,3)4)5-6-11(10)14-8;1-5-10-7-4-6(9)2-3-8(7)11-5;1-4(2,3)5/h5-7H,1-4H3;2-4H,1H3;5H,1-3H3. The molecule has 0 atom stereocenters. The van der Waals surface area contributed by atoms with Crippen LogP contribution in [0.4, 0.5) is 0 Å². The van der Waals surface area contributed by atoms with Gasteiger partial charge in [0.15, 0.2) is 0 Å². The second kappa shape index (κ2) is 10.8. The first kappa shape index (κ1) is 26.3. The van der Waals surface area contributed by atoms with Crippen molar-refractivity contribution < 1.29 is 5.11 Å². The molecule has 0 saturated heterocycles. The molecule has 168 valence electrons. The molecule has 4 rings (SSSR count). The Morgan fingerprint density at radius 2 is 1.26 bits per heavy atom. The van der Waals surface area contributed by atoms with E-state index in [0.29, 0.717) is 0 Å². The zero-order valence-electron chi connectivity index (χ0n) is 19.4. The van der Waals surface area contributed by atoms with Crippen LogP contribution in [0.2, 0.25) is 0 Å². The lowest BCUT2D eigenvalue weighted by molar-refractivity contribution is 0.102. The van der Waals surface area contributed by atoms with E-state index in [9.17, 15) is 0 Å². The average Bonchev–Trinajstić information content (AvgIpc) is 3.12. The summed E-state index contributed by atoms with van der Waals surface area (Å²) in [6, 6.07) is 12.7. The van der Waals surface area contributed by atoms with Crippen molar-refractivity contribution in [2.75, 3.05) is 0 Å². The normalized spacial score (nSPS) is 11.7. The molecule has 7 heteroatoms. The molecule has 0 spiro atoms. The van der Waals surface area contributed by atoms with Crippen molar-refractivity contribution in [3.63, 3.8) is 0 Å². The van der Waals surface area contributed by atoms with Gasteiger partial charge in [0.2, 0.25) is 0 Å². The van der Waals surface area contributed by atoms with Crippen LogP contribution in [-0.2, 0) is 0 Å². The Morgan fingerprint density at radius 3 is 1.74 bits per heavy atom. The number of thiazole rings is 2. The smallest absolute Gasteiger partial charge is 0.0907 e. The fraction of sp³-hybridized carbons (Fsp3) is 0.417. The Morgan fingerprint density at radius 1 is 0.806 bits per heavy atom. The zero-order valence-corrected chi connectivity index (χ0v) is 23.4. The van der Waals surface area contributed by atoms with Crippen LogP contribution in [-0.4, -0.2) is 25.4 Å². The summed E-state index contributed by atoms with van der Waals surface area (Å²) in [6.07, 6.45) is 0. The number of aliphatic hydroxyl groups is 1. The summed E-state index contributed by atoms with van der Waals surface area (Å²) in [6.45, 7) is 16.0. The number of rotatable bonds is 1. The molecule has 0 bridgehead atoms. The molecule has 0 aliphatic heterocycles. The summed E-state index contributed by atoms with van der Waals surface area (Å²) in [5.41, 5.74) is 1.72. The second-order valence-electron chi connectivity index (χ2n) is 9.09. The fourth-order valence-electron chi connectivity index (χ4n) is 2.46. The van der Waals surface area contributed by atoms with Gasteiger partial charge < -0.3 is 5.11 Å². The minimum Gasteiger partial charge on any atom is -0.391 e. The molecule has 0 radical (unpaired) electrons. The van der Waals surface area contributed by atoms with Gasteiger partial charge in [0.05, 0.1) is 36.0 Å². The molecule has 0 aliphatic carbocycles. The van der Waals surface area contributed by atoms with E-state index in [-0.39, 0.29) is 4.75 Å². The summed E-state index contributed by atoms with van der Waals surface area (Å²) in [7, 11) is 0. The molecule has 0 fully saturated rings. The Kier molecular flexibility index (Phi) is 9.11. The van der Waals surface area contributed by atoms with Crippen LogP contribution in [0.25, 0.3) is 20.4 Å². The lowest BCUT2D eigenvalue weighted by Gasteiger charge is -2.17. The predicted molar refractivity (Wildman–Crippen MR) is 144 cm³/mol. The number of halogens is 1. The van der Waals surface area contributed by atoms with E-state index in [2.05, 4.69) is 77.9 Å². The van der Waals surface area contributed by atoms with Crippen LogP contribution in [0.5, 0.6) is 0 Å². The number of benzene rings is 2. The number of thioether (sulfide) groups is 1. The van der Waals surface area contributed by atoms with Crippen molar-refractivity contribution in [3.8, 4) is 0 Å². The summed E-state index contributed by atoms with van der Waals surface area (Å²) < 4.78 is 3.89. The molecule has 0 unspecified atom stereocenters. The van der Waals surface area contributed by atoms with E-state index >= 15 is 0 Å². The van der Waals surface area contributed by atoms with Gasteiger partial charge in [-0.2, -0.15) is 0 Å². The van der Waals surface area contributed by atoms with Gasteiger partial charge in [-0.1, -0.05) is 36.7 Å². The highest BCUT2D eigenvalue weighted by atomic mass is 79.9. The van der Waals surface area contributed by atoms with Gasteiger partial charge in [-0.05, 0) is 71.0 Å². The molecular formula is C24H31BrN2OS3. The number of hydrogen-bond donors (Lipinski definition) is 1. The first-order valence-electron chi connectivity index (χ1n) is 10.0. The van der Waals surface area contributed by atoms with Crippen LogP contribution < -0.4 is 0 Å². The number of aromatic nitrogens is 2. The van der Waals surface area contributed by atoms with E-state index in [1.807, 2.05) is 30.8 Å². The lowest BCUT2D eigenvalue weighted by Crippen LogP contribution is -2.10. The van der Waals surface area contributed by atoms with E-state index in [1.165, 1.54) is 14.3 Å². The molecular weight excluding hydrogens is 508 g/mol. The largest absolute Gasteiger partial charge is 0.391 e. The van der Waals surface area contributed by atoms with Crippen molar-refractivity contribution >= 4 is 70.8 Å². The third-order valence-corrected chi connectivity index (χ3v) is 6.85. The maximum absolute atomic E-state index is 8.52. The third kappa shape index (κ3) is 10.00. The summed E-state index contributed by atoms with van der Waals surface area (Å²) in [5, 5.41) is 10.8.